The molecule has 0 spiro atoms. The number of anilines is 1. The van der Waals surface area contributed by atoms with Crippen molar-refractivity contribution < 1.29 is 9.18 Å². The van der Waals surface area contributed by atoms with Crippen LogP contribution in [0.15, 0.2) is 41.6 Å². The van der Waals surface area contributed by atoms with Crippen LogP contribution in [0.1, 0.15) is 23.6 Å². The Balaban J connectivity index is 1.75. The maximum Gasteiger partial charge on any atom is 0.237 e. The molecule has 8 heteroatoms. The van der Waals surface area contributed by atoms with Crippen LogP contribution in [-0.2, 0) is 4.79 Å². The molecule has 6 nitrogen and oxygen atoms in total. The Kier molecular flexibility index (Phi) is 5.69. The van der Waals surface area contributed by atoms with Crippen molar-refractivity contribution in [3.63, 3.8) is 0 Å². The number of hydrogen-bond donors (Lipinski definition) is 2. The summed E-state index contributed by atoms with van der Waals surface area (Å²) in [4.78, 5) is 12.7. The molecule has 3 N–H and O–H groups in total. The molecule has 2 aromatic carbocycles. The van der Waals surface area contributed by atoms with Gasteiger partial charge < -0.3 is 11.2 Å². The Hall–Kier alpha value is -2.87. The number of carbonyl (C=O) groups is 1. The van der Waals surface area contributed by atoms with Crippen LogP contribution in [0.3, 0.4) is 0 Å². The second-order valence-electron chi connectivity index (χ2n) is 6.71. The first kappa shape index (κ1) is 19.9. The number of nitrogens with two attached hydrogens (primary N) is 1. The molecule has 3 aromatic rings. The fourth-order valence-electron chi connectivity index (χ4n) is 3.00. The minimum atomic E-state index is -0.452. The molecule has 1 heterocycles. The van der Waals surface area contributed by atoms with E-state index in [0.717, 1.165) is 22.4 Å². The van der Waals surface area contributed by atoms with E-state index < -0.39 is 5.25 Å². The number of rotatable bonds is 5. The zero-order chi connectivity index (χ0) is 20.4. The number of aryl methyl sites for hydroxylation is 3. The quantitative estimate of drug-likeness (QED) is 0.503. The lowest BCUT2D eigenvalue weighted by atomic mass is 10.1. The first-order valence-corrected chi connectivity index (χ1v) is 9.66. The van der Waals surface area contributed by atoms with Crippen molar-refractivity contribution in [2.45, 2.75) is 38.1 Å². The van der Waals surface area contributed by atoms with E-state index in [2.05, 4.69) is 15.5 Å². The number of thioether (sulfide) groups is 1. The van der Waals surface area contributed by atoms with Crippen molar-refractivity contribution in [1.82, 2.24) is 14.9 Å². The molecule has 0 saturated carbocycles. The Morgan fingerprint density at radius 1 is 1.18 bits per heavy atom. The number of nitrogens with zero attached hydrogens (tertiary/aromatic N) is 3. The molecule has 0 aliphatic carbocycles. The molecule has 0 fully saturated rings. The molecule has 0 radical (unpaired) electrons. The average Bonchev–Trinajstić information content (AvgIpc) is 2.98. The molecule has 28 heavy (non-hydrogen) atoms. The van der Waals surface area contributed by atoms with Gasteiger partial charge in [-0.15, -0.1) is 10.2 Å². The van der Waals surface area contributed by atoms with Gasteiger partial charge in [-0.2, -0.15) is 0 Å². The Bertz CT molecular complexity index is 1010. The van der Waals surface area contributed by atoms with E-state index in [-0.39, 0.29) is 11.7 Å². The maximum absolute atomic E-state index is 13.4. The van der Waals surface area contributed by atoms with Gasteiger partial charge in [-0.05, 0) is 51.0 Å². The molecule has 1 atom stereocenters. The monoisotopic (exact) mass is 399 g/mol. The van der Waals surface area contributed by atoms with E-state index in [9.17, 15) is 9.18 Å². The van der Waals surface area contributed by atoms with Crippen LogP contribution in [0.2, 0.25) is 0 Å². The molecule has 1 amide bonds. The van der Waals surface area contributed by atoms with Crippen molar-refractivity contribution in [3.8, 4) is 11.4 Å². The van der Waals surface area contributed by atoms with Gasteiger partial charge in [0, 0.05) is 11.3 Å². The number of carbonyl (C=O) groups excluding carboxylic acids is 1. The second kappa shape index (κ2) is 8.02. The van der Waals surface area contributed by atoms with Gasteiger partial charge in [0.15, 0.2) is 5.82 Å². The van der Waals surface area contributed by atoms with Crippen LogP contribution in [-0.4, -0.2) is 26.0 Å². The van der Waals surface area contributed by atoms with E-state index in [1.54, 1.807) is 19.1 Å². The van der Waals surface area contributed by atoms with Gasteiger partial charge in [0.25, 0.3) is 0 Å². The average molecular weight is 399 g/mol. The van der Waals surface area contributed by atoms with Crippen LogP contribution in [0.25, 0.3) is 11.4 Å². The summed E-state index contributed by atoms with van der Waals surface area (Å²) in [5, 5.41) is 11.0. The lowest BCUT2D eigenvalue weighted by Crippen LogP contribution is -2.24. The Morgan fingerprint density at radius 2 is 1.86 bits per heavy atom. The molecule has 0 bridgehead atoms. The van der Waals surface area contributed by atoms with Crippen LogP contribution in [0.5, 0.6) is 0 Å². The van der Waals surface area contributed by atoms with Gasteiger partial charge in [0.05, 0.1) is 5.25 Å². The molecule has 0 unspecified atom stereocenters. The third-order valence-corrected chi connectivity index (χ3v) is 5.38. The number of nitrogens with one attached hydrogen (secondary N) is 1. The molecule has 0 aliphatic rings. The minimum absolute atomic E-state index is 0.157. The standard InChI is InChI=1S/C20H22FN5OS/c1-11-8-12(2)17(13(3)9-11)23-19(27)14(4)28-20-25-24-18(26(20)22)15-6-5-7-16(21)10-15/h5-10,14H,22H2,1-4H3,(H,23,27)/t14-/m0/s1. The van der Waals surface area contributed by atoms with Crippen LogP contribution >= 0.6 is 11.8 Å². The highest BCUT2D eigenvalue weighted by atomic mass is 32.2. The van der Waals surface area contributed by atoms with Gasteiger partial charge in [-0.1, -0.05) is 41.6 Å². The molecule has 0 saturated heterocycles. The van der Waals surface area contributed by atoms with Crippen molar-refractivity contribution in [1.29, 1.82) is 0 Å². The molecule has 3 rings (SSSR count). The molecule has 1 aromatic heterocycles. The summed E-state index contributed by atoms with van der Waals surface area (Å²) in [6.07, 6.45) is 0. The predicted molar refractivity (Wildman–Crippen MR) is 110 cm³/mol. The summed E-state index contributed by atoms with van der Waals surface area (Å²) >= 11 is 1.19. The highest BCUT2D eigenvalue weighted by molar-refractivity contribution is 8.00. The summed E-state index contributed by atoms with van der Waals surface area (Å²) in [5.74, 6) is 5.86. The highest BCUT2D eigenvalue weighted by Crippen LogP contribution is 2.27. The van der Waals surface area contributed by atoms with Crippen molar-refractivity contribution >= 4 is 23.4 Å². The van der Waals surface area contributed by atoms with Gasteiger partial charge in [-0.25, -0.2) is 9.07 Å². The number of benzene rings is 2. The molecular weight excluding hydrogens is 377 g/mol. The number of hydrogen-bond acceptors (Lipinski definition) is 5. The first-order chi connectivity index (χ1) is 13.3. The number of halogens is 1. The molecular formula is C20H22FN5OS. The lowest BCUT2D eigenvalue weighted by Gasteiger charge is -2.16. The molecule has 146 valence electrons. The van der Waals surface area contributed by atoms with E-state index in [1.165, 1.54) is 28.6 Å². The number of amides is 1. The third-order valence-electron chi connectivity index (χ3n) is 4.32. The van der Waals surface area contributed by atoms with Crippen LogP contribution in [0, 0.1) is 26.6 Å². The van der Waals surface area contributed by atoms with Crippen molar-refractivity contribution in [2.75, 3.05) is 11.2 Å². The van der Waals surface area contributed by atoms with E-state index in [1.807, 2.05) is 32.9 Å². The van der Waals surface area contributed by atoms with E-state index in [0.29, 0.717) is 16.5 Å². The fraction of sp³-hybridized carbons (Fsp3) is 0.250. The summed E-state index contributed by atoms with van der Waals surface area (Å²) < 4.78 is 14.7. The van der Waals surface area contributed by atoms with Crippen molar-refractivity contribution in [3.05, 3.63) is 58.9 Å². The SMILES string of the molecule is Cc1cc(C)c(NC(=O)[C@H](C)Sc2nnc(-c3cccc(F)c3)n2N)c(C)c1. The van der Waals surface area contributed by atoms with E-state index >= 15 is 0 Å². The predicted octanol–water partition coefficient (Wildman–Crippen LogP) is 3.84. The largest absolute Gasteiger partial charge is 0.335 e. The summed E-state index contributed by atoms with van der Waals surface area (Å²) in [6.45, 7) is 7.73. The van der Waals surface area contributed by atoms with Crippen molar-refractivity contribution in [2.24, 2.45) is 0 Å². The summed E-state index contributed by atoms with van der Waals surface area (Å²) in [5.41, 5.74) is 4.51. The lowest BCUT2D eigenvalue weighted by molar-refractivity contribution is -0.115. The summed E-state index contributed by atoms with van der Waals surface area (Å²) in [6, 6.07) is 10.0. The minimum Gasteiger partial charge on any atom is -0.335 e. The maximum atomic E-state index is 13.4. The molecule has 0 aliphatic heterocycles. The van der Waals surface area contributed by atoms with Gasteiger partial charge in [0.1, 0.15) is 5.82 Å². The normalized spacial score (nSPS) is 12.0. The van der Waals surface area contributed by atoms with Crippen LogP contribution in [0.4, 0.5) is 10.1 Å². The summed E-state index contributed by atoms with van der Waals surface area (Å²) in [7, 11) is 0. The second-order valence-corrected chi connectivity index (χ2v) is 8.02. The third kappa shape index (κ3) is 4.17. The zero-order valence-electron chi connectivity index (χ0n) is 16.2. The fourth-order valence-corrected chi connectivity index (χ4v) is 3.77. The van der Waals surface area contributed by atoms with Gasteiger partial charge >= 0.3 is 0 Å². The number of aromatic nitrogens is 3. The first-order valence-electron chi connectivity index (χ1n) is 8.78. The smallest absolute Gasteiger partial charge is 0.237 e. The van der Waals surface area contributed by atoms with Gasteiger partial charge in [-0.3, -0.25) is 4.79 Å². The van der Waals surface area contributed by atoms with Gasteiger partial charge in [0.2, 0.25) is 11.1 Å². The Labute approximate surface area is 167 Å². The highest BCUT2D eigenvalue weighted by Gasteiger charge is 2.21. The van der Waals surface area contributed by atoms with Crippen LogP contribution < -0.4 is 11.2 Å². The number of nitrogen functional groups attached to an aromatic ring is 1. The van der Waals surface area contributed by atoms with E-state index in [4.69, 9.17) is 5.84 Å². The Morgan fingerprint density at radius 3 is 2.50 bits per heavy atom. The topological polar surface area (TPSA) is 85.8 Å². The zero-order valence-corrected chi connectivity index (χ0v) is 17.0.